The van der Waals surface area contributed by atoms with Crippen LogP contribution < -0.4 is 0 Å². The number of hydrogen-bond donors (Lipinski definition) is 0. The predicted octanol–water partition coefficient (Wildman–Crippen LogP) is 0.375. The van der Waals surface area contributed by atoms with Crippen LogP contribution >= 0.6 is 0 Å². The Hall–Kier alpha value is -1.15. The molecule has 1 aliphatic carbocycles. The van der Waals surface area contributed by atoms with E-state index in [4.69, 9.17) is 0 Å². The van der Waals surface area contributed by atoms with Gasteiger partial charge in [-0.3, -0.25) is 9.59 Å². The summed E-state index contributed by atoms with van der Waals surface area (Å²) in [6, 6.07) is 0. The molecule has 2 amide bonds. The van der Waals surface area contributed by atoms with Crippen molar-refractivity contribution >= 4 is 21.8 Å². The van der Waals surface area contributed by atoms with E-state index in [1.165, 1.54) is 6.26 Å². The van der Waals surface area contributed by atoms with Gasteiger partial charge in [-0.2, -0.15) is 0 Å². The number of amides is 2. The molecule has 0 radical (unpaired) electrons. The molecule has 7 nitrogen and oxygen atoms in total. The van der Waals surface area contributed by atoms with Crippen LogP contribution in [0.15, 0.2) is 0 Å². The van der Waals surface area contributed by atoms with Crippen molar-refractivity contribution in [2.75, 3.05) is 46.5 Å². The highest BCUT2D eigenvalue weighted by atomic mass is 32.2. The summed E-state index contributed by atoms with van der Waals surface area (Å²) < 4.78 is 25.2. The third-order valence-electron chi connectivity index (χ3n) is 6.82. The van der Waals surface area contributed by atoms with Crippen LogP contribution in [0, 0.1) is 16.7 Å². The van der Waals surface area contributed by atoms with Crippen molar-refractivity contribution in [3.63, 3.8) is 0 Å². The van der Waals surface area contributed by atoms with E-state index in [0.717, 1.165) is 25.7 Å². The van der Waals surface area contributed by atoms with Crippen molar-refractivity contribution in [3.8, 4) is 0 Å². The quantitative estimate of drug-likeness (QED) is 0.703. The Morgan fingerprint density at radius 2 is 1.68 bits per heavy atom. The normalized spacial score (nSPS) is 32.0. The second-order valence-electron chi connectivity index (χ2n) is 8.33. The van der Waals surface area contributed by atoms with Crippen molar-refractivity contribution < 1.29 is 18.0 Å². The summed E-state index contributed by atoms with van der Waals surface area (Å²) in [6.07, 6.45) is 4.54. The van der Waals surface area contributed by atoms with Gasteiger partial charge in [-0.15, -0.1) is 0 Å². The van der Waals surface area contributed by atoms with Gasteiger partial charge in [-0.05, 0) is 37.0 Å². The molecule has 0 unspecified atom stereocenters. The molecule has 0 N–H and O–H groups in total. The lowest BCUT2D eigenvalue weighted by atomic mass is 9.66. The maximum Gasteiger partial charge on any atom is 0.230 e. The third-order valence-corrected chi connectivity index (χ3v) is 8.12. The first-order valence-corrected chi connectivity index (χ1v) is 10.8. The van der Waals surface area contributed by atoms with E-state index < -0.39 is 15.4 Å². The van der Waals surface area contributed by atoms with Crippen LogP contribution in [0.2, 0.25) is 0 Å². The van der Waals surface area contributed by atoms with E-state index in [9.17, 15) is 18.0 Å². The summed E-state index contributed by atoms with van der Waals surface area (Å²) in [7, 11) is 0.389. The number of sulfonamides is 1. The molecule has 142 valence electrons. The minimum absolute atomic E-state index is 0.0176. The van der Waals surface area contributed by atoms with Crippen LogP contribution in [0.25, 0.3) is 0 Å². The SMILES string of the molecule is CC(=O)N1C[C@@H]2C3(CCN(S(C)(=O)=O)CC3)CC[C@]2(C(=O)N(C)C)C1. The number of piperidine rings is 1. The molecule has 0 aromatic heterocycles. The number of carbonyl (C=O) groups excluding carboxylic acids is 2. The van der Waals surface area contributed by atoms with Crippen molar-refractivity contribution in [2.24, 2.45) is 16.7 Å². The number of nitrogens with zero attached hydrogens (tertiary/aromatic N) is 3. The largest absolute Gasteiger partial charge is 0.348 e. The Morgan fingerprint density at radius 3 is 2.16 bits per heavy atom. The third kappa shape index (κ3) is 2.87. The Bertz CT molecular complexity index is 682. The fourth-order valence-electron chi connectivity index (χ4n) is 5.46. The van der Waals surface area contributed by atoms with Crippen LogP contribution in [0.3, 0.4) is 0 Å². The number of hydrogen-bond acceptors (Lipinski definition) is 4. The highest BCUT2D eigenvalue weighted by Crippen LogP contribution is 2.62. The van der Waals surface area contributed by atoms with Crippen LogP contribution in [-0.2, 0) is 19.6 Å². The maximum atomic E-state index is 13.0. The summed E-state index contributed by atoms with van der Waals surface area (Å²) in [6.45, 7) is 3.71. The molecule has 3 fully saturated rings. The van der Waals surface area contributed by atoms with E-state index in [2.05, 4.69) is 0 Å². The maximum absolute atomic E-state index is 13.0. The Balaban J connectivity index is 1.90. The zero-order valence-electron chi connectivity index (χ0n) is 15.6. The fourth-order valence-corrected chi connectivity index (χ4v) is 6.31. The highest BCUT2D eigenvalue weighted by Gasteiger charge is 2.65. The fraction of sp³-hybridized carbons (Fsp3) is 0.882. The molecule has 3 aliphatic rings. The second kappa shape index (κ2) is 5.94. The lowest BCUT2D eigenvalue weighted by Crippen LogP contribution is -2.49. The monoisotopic (exact) mass is 371 g/mol. The minimum Gasteiger partial charge on any atom is -0.348 e. The number of rotatable bonds is 2. The molecule has 2 saturated heterocycles. The first-order chi connectivity index (χ1) is 11.5. The van der Waals surface area contributed by atoms with Crippen LogP contribution in [-0.4, -0.2) is 80.9 Å². The van der Waals surface area contributed by atoms with E-state index in [0.29, 0.717) is 26.2 Å². The molecule has 1 spiro atoms. The zero-order chi connectivity index (χ0) is 18.6. The van der Waals surface area contributed by atoms with Gasteiger partial charge in [0.05, 0.1) is 11.7 Å². The molecule has 1 saturated carbocycles. The summed E-state index contributed by atoms with van der Waals surface area (Å²) >= 11 is 0. The van der Waals surface area contributed by atoms with Crippen molar-refractivity contribution in [2.45, 2.75) is 32.6 Å². The van der Waals surface area contributed by atoms with Crippen molar-refractivity contribution in [1.29, 1.82) is 0 Å². The van der Waals surface area contributed by atoms with Crippen LogP contribution in [0.4, 0.5) is 0 Å². The molecule has 0 aromatic rings. The molecule has 0 bridgehead atoms. The van der Waals surface area contributed by atoms with E-state index in [1.807, 2.05) is 4.90 Å². The van der Waals surface area contributed by atoms with Gasteiger partial charge in [0.1, 0.15) is 0 Å². The van der Waals surface area contributed by atoms with E-state index >= 15 is 0 Å². The topological polar surface area (TPSA) is 78.0 Å². The summed E-state index contributed by atoms with van der Waals surface area (Å²) in [4.78, 5) is 28.5. The molecular weight excluding hydrogens is 342 g/mol. The van der Waals surface area contributed by atoms with Crippen molar-refractivity contribution in [1.82, 2.24) is 14.1 Å². The molecule has 8 heteroatoms. The van der Waals surface area contributed by atoms with Gasteiger partial charge in [-0.25, -0.2) is 12.7 Å². The van der Waals surface area contributed by atoms with Gasteiger partial charge in [0.25, 0.3) is 0 Å². The van der Waals surface area contributed by atoms with Crippen LogP contribution in [0.1, 0.15) is 32.6 Å². The number of carbonyl (C=O) groups is 2. The lowest BCUT2D eigenvalue weighted by Gasteiger charge is -2.43. The molecule has 0 aromatic carbocycles. The van der Waals surface area contributed by atoms with Crippen molar-refractivity contribution in [3.05, 3.63) is 0 Å². The van der Waals surface area contributed by atoms with Gasteiger partial charge in [0.2, 0.25) is 21.8 Å². The van der Waals surface area contributed by atoms with Gasteiger partial charge < -0.3 is 9.80 Å². The standard InChI is InChI=1S/C17H29N3O4S/c1-13(21)19-11-14-16(7-9-20(10-8-16)25(4,23)24)5-6-17(14,12-19)15(22)18(2)3/h14H,5-12H2,1-4H3/t14-,17+/m1/s1. The van der Waals surface area contributed by atoms with Gasteiger partial charge >= 0.3 is 0 Å². The van der Waals surface area contributed by atoms with Crippen LogP contribution in [0.5, 0.6) is 0 Å². The van der Waals surface area contributed by atoms with Gasteiger partial charge in [0, 0.05) is 47.2 Å². The Labute approximate surface area is 150 Å². The Kier molecular flexibility index (Phi) is 4.43. The van der Waals surface area contributed by atoms with E-state index in [1.54, 1.807) is 30.2 Å². The number of fused-ring (bicyclic) bond motifs is 2. The molecule has 3 rings (SSSR count). The zero-order valence-corrected chi connectivity index (χ0v) is 16.4. The highest BCUT2D eigenvalue weighted by molar-refractivity contribution is 7.88. The molecular formula is C17H29N3O4S. The molecule has 2 atom stereocenters. The molecule has 2 aliphatic heterocycles. The predicted molar refractivity (Wildman–Crippen MR) is 94.2 cm³/mol. The van der Waals surface area contributed by atoms with Gasteiger partial charge in [-0.1, -0.05) is 0 Å². The Morgan fingerprint density at radius 1 is 1.08 bits per heavy atom. The smallest absolute Gasteiger partial charge is 0.230 e. The molecule has 25 heavy (non-hydrogen) atoms. The summed E-state index contributed by atoms with van der Waals surface area (Å²) in [5.41, 5.74) is -0.528. The second-order valence-corrected chi connectivity index (χ2v) is 10.3. The molecule has 2 heterocycles. The number of likely N-dealkylation sites (tertiary alicyclic amines) is 1. The minimum atomic E-state index is -3.17. The first-order valence-electron chi connectivity index (χ1n) is 8.94. The first kappa shape index (κ1) is 18.6. The van der Waals surface area contributed by atoms with E-state index in [-0.39, 0.29) is 23.1 Å². The average Bonchev–Trinajstić information content (AvgIpc) is 3.04. The average molecular weight is 372 g/mol. The summed E-state index contributed by atoms with van der Waals surface area (Å²) in [5, 5.41) is 0. The lowest BCUT2D eigenvalue weighted by molar-refractivity contribution is -0.141. The van der Waals surface area contributed by atoms with Gasteiger partial charge in [0.15, 0.2) is 0 Å². The summed E-state index contributed by atoms with van der Waals surface area (Å²) in [5.74, 6) is 0.258.